The van der Waals surface area contributed by atoms with E-state index in [1.165, 1.54) is 0 Å². The van der Waals surface area contributed by atoms with E-state index in [1.54, 1.807) is 0 Å². The van der Waals surface area contributed by atoms with Gasteiger partial charge in [-0.3, -0.25) is 4.79 Å². The van der Waals surface area contributed by atoms with Crippen LogP contribution in [0.4, 0.5) is 0 Å². The first-order valence-electron chi connectivity index (χ1n) is 4.07. The SMILES string of the molecule is CC1C=CC=C2OC(=O)CC=C21. The molecule has 0 spiro atoms. The van der Waals surface area contributed by atoms with Gasteiger partial charge >= 0.3 is 5.97 Å². The molecule has 1 aliphatic carbocycles. The molecule has 0 saturated carbocycles. The molecule has 62 valence electrons. The van der Waals surface area contributed by atoms with E-state index in [9.17, 15) is 4.79 Å². The fraction of sp³-hybridized carbons (Fsp3) is 0.300. The van der Waals surface area contributed by atoms with E-state index in [4.69, 9.17) is 4.74 Å². The number of carbonyl (C=O) groups excluding carboxylic acids is 1. The summed E-state index contributed by atoms with van der Waals surface area (Å²) >= 11 is 0. The van der Waals surface area contributed by atoms with E-state index in [0.717, 1.165) is 11.3 Å². The minimum atomic E-state index is -0.160. The lowest BCUT2D eigenvalue weighted by atomic mass is 9.93. The van der Waals surface area contributed by atoms with Crippen LogP contribution in [0.5, 0.6) is 0 Å². The summed E-state index contributed by atoms with van der Waals surface area (Å²) in [5.74, 6) is 0.937. The zero-order valence-corrected chi connectivity index (χ0v) is 6.91. The molecule has 1 aliphatic heterocycles. The van der Waals surface area contributed by atoms with Gasteiger partial charge in [-0.25, -0.2) is 0 Å². The van der Waals surface area contributed by atoms with E-state index in [-0.39, 0.29) is 5.97 Å². The standard InChI is InChI=1S/C10H10O2/c1-7-3-2-4-9-8(7)5-6-10(11)12-9/h2-5,7H,6H2,1H3. The Morgan fingerprint density at radius 2 is 2.42 bits per heavy atom. The van der Waals surface area contributed by atoms with Gasteiger partial charge < -0.3 is 4.74 Å². The quantitative estimate of drug-likeness (QED) is 0.509. The lowest BCUT2D eigenvalue weighted by Gasteiger charge is -2.22. The number of esters is 1. The molecule has 0 bridgehead atoms. The normalized spacial score (nSPS) is 27.1. The van der Waals surface area contributed by atoms with Gasteiger partial charge in [0.25, 0.3) is 0 Å². The molecule has 0 aromatic heterocycles. The molecule has 0 N–H and O–H groups in total. The number of carbonyl (C=O) groups is 1. The third kappa shape index (κ3) is 1.09. The van der Waals surface area contributed by atoms with Crippen molar-refractivity contribution in [1.82, 2.24) is 0 Å². The van der Waals surface area contributed by atoms with Crippen molar-refractivity contribution in [3.8, 4) is 0 Å². The third-order valence-corrected chi connectivity index (χ3v) is 2.13. The molecule has 1 heterocycles. The van der Waals surface area contributed by atoms with Crippen molar-refractivity contribution in [2.24, 2.45) is 5.92 Å². The number of hydrogen-bond donors (Lipinski definition) is 0. The van der Waals surface area contributed by atoms with E-state index in [0.29, 0.717) is 12.3 Å². The van der Waals surface area contributed by atoms with E-state index in [1.807, 2.05) is 18.2 Å². The molecule has 1 atom stereocenters. The second-order valence-electron chi connectivity index (χ2n) is 3.04. The Morgan fingerprint density at radius 3 is 3.25 bits per heavy atom. The Hall–Kier alpha value is -1.31. The van der Waals surface area contributed by atoms with Crippen molar-refractivity contribution in [3.63, 3.8) is 0 Å². The van der Waals surface area contributed by atoms with Crippen LogP contribution in [-0.4, -0.2) is 5.97 Å². The molecular formula is C10H10O2. The molecule has 0 aromatic rings. The van der Waals surface area contributed by atoms with Crippen LogP contribution in [0.3, 0.4) is 0 Å². The van der Waals surface area contributed by atoms with Crippen LogP contribution in [-0.2, 0) is 9.53 Å². The molecule has 2 aliphatic rings. The minimum absolute atomic E-state index is 0.160. The third-order valence-electron chi connectivity index (χ3n) is 2.13. The number of ether oxygens (including phenoxy) is 1. The van der Waals surface area contributed by atoms with Gasteiger partial charge in [-0.05, 0) is 11.6 Å². The lowest BCUT2D eigenvalue weighted by molar-refractivity contribution is -0.138. The molecule has 1 unspecified atom stereocenters. The zero-order valence-electron chi connectivity index (χ0n) is 6.91. The Balaban J connectivity index is 2.38. The predicted octanol–water partition coefficient (Wildman–Crippen LogP) is 1.95. The van der Waals surface area contributed by atoms with E-state index < -0.39 is 0 Å². The fourth-order valence-electron chi connectivity index (χ4n) is 1.47. The first kappa shape index (κ1) is 7.35. The average molecular weight is 162 g/mol. The van der Waals surface area contributed by atoms with Crippen LogP contribution in [0, 0.1) is 5.92 Å². The molecule has 2 nitrogen and oxygen atoms in total. The van der Waals surface area contributed by atoms with Crippen LogP contribution in [0.1, 0.15) is 13.3 Å². The van der Waals surface area contributed by atoms with Gasteiger partial charge in [-0.2, -0.15) is 0 Å². The first-order chi connectivity index (χ1) is 5.77. The van der Waals surface area contributed by atoms with Gasteiger partial charge in [-0.15, -0.1) is 0 Å². The highest BCUT2D eigenvalue weighted by atomic mass is 16.5. The van der Waals surface area contributed by atoms with Crippen molar-refractivity contribution < 1.29 is 9.53 Å². The first-order valence-corrected chi connectivity index (χ1v) is 4.07. The van der Waals surface area contributed by atoms with Crippen LogP contribution in [0.15, 0.2) is 35.6 Å². The van der Waals surface area contributed by atoms with Gasteiger partial charge in [0, 0.05) is 5.92 Å². The fourth-order valence-corrected chi connectivity index (χ4v) is 1.47. The van der Waals surface area contributed by atoms with Crippen molar-refractivity contribution in [1.29, 1.82) is 0 Å². The molecule has 0 aromatic carbocycles. The maximum absolute atomic E-state index is 10.9. The molecule has 0 saturated heterocycles. The monoisotopic (exact) mass is 162 g/mol. The summed E-state index contributed by atoms with van der Waals surface area (Å²) in [4.78, 5) is 10.9. The minimum Gasteiger partial charge on any atom is -0.426 e. The summed E-state index contributed by atoms with van der Waals surface area (Å²) in [6, 6.07) is 0. The Morgan fingerprint density at radius 1 is 1.58 bits per heavy atom. The summed E-state index contributed by atoms with van der Waals surface area (Å²) in [7, 11) is 0. The van der Waals surface area contributed by atoms with Gasteiger partial charge in [0.1, 0.15) is 5.76 Å². The average Bonchev–Trinajstić information content (AvgIpc) is 2.04. The van der Waals surface area contributed by atoms with Crippen LogP contribution < -0.4 is 0 Å². The summed E-state index contributed by atoms with van der Waals surface area (Å²) in [6.45, 7) is 2.09. The Kier molecular flexibility index (Phi) is 1.61. The smallest absolute Gasteiger partial charge is 0.315 e. The molecule has 12 heavy (non-hydrogen) atoms. The number of fused-ring (bicyclic) bond motifs is 1. The van der Waals surface area contributed by atoms with Gasteiger partial charge in [0.05, 0.1) is 6.42 Å². The van der Waals surface area contributed by atoms with Crippen molar-refractivity contribution >= 4 is 5.97 Å². The number of rotatable bonds is 0. The second kappa shape index (κ2) is 2.63. The highest BCUT2D eigenvalue weighted by Gasteiger charge is 2.21. The van der Waals surface area contributed by atoms with E-state index >= 15 is 0 Å². The van der Waals surface area contributed by atoms with Crippen molar-refractivity contribution in [2.75, 3.05) is 0 Å². The van der Waals surface area contributed by atoms with Crippen LogP contribution in [0.2, 0.25) is 0 Å². The summed E-state index contributed by atoms with van der Waals surface area (Å²) in [6.07, 6.45) is 8.21. The molecule has 2 heteroatoms. The maximum Gasteiger partial charge on any atom is 0.315 e. The summed E-state index contributed by atoms with van der Waals surface area (Å²) < 4.78 is 5.06. The van der Waals surface area contributed by atoms with Gasteiger partial charge in [0.15, 0.2) is 0 Å². The Bertz CT molecular complexity index is 308. The molecular weight excluding hydrogens is 152 g/mol. The highest BCUT2D eigenvalue weighted by Crippen LogP contribution is 2.29. The number of allylic oxidation sites excluding steroid dienone is 4. The topological polar surface area (TPSA) is 26.3 Å². The van der Waals surface area contributed by atoms with Crippen molar-refractivity contribution in [2.45, 2.75) is 13.3 Å². The zero-order chi connectivity index (χ0) is 8.55. The summed E-state index contributed by atoms with van der Waals surface area (Å²) in [5.41, 5.74) is 1.14. The maximum atomic E-state index is 10.9. The highest BCUT2D eigenvalue weighted by molar-refractivity contribution is 5.75. The number of hydrogen-bond acceptors (Lipinski definition) is 2. The predicted molar refractivity (Wildman–Crippen MR) is 45.2 cm³/mol. The summed E-state index contributed by atoms with van der Waals surface area (Å²) in [5, 5.41) is 0. The van der Waals surface area contributed by atoms with Crippen molar-refractivity contribution in [3.05, 3.63) is 35.6 Å². The van der Waals surface area contributed by atoms with Crippen LogP contribution in [0.25, 0.3) is 0 Å². The Labute approximate surface area is 71.2 Å². The van der Waals surface area contributed by atoms with E-state index in [2.05, 4.69) is 13.0 Å². The molecule has 2 rings (SSSR count). The molecule has 0 radical (unpaired) electrons. The van der Waals surface area contributed by atoms with Gasteiger partial charge in [0.2, 0.25) is 0 Å². The molecule has 0 amide bonds. The second-order valence-corrected chi connectivity index (χ2v) is 3.04. The largest absolute Gasteiger partial charge is 0.426 e. The molecule has 0 fully saturated rings. The van der Waals surface area contributed by atoms with Crippen LogP contribution >= 0.6 is 0 Å². The van der Waals surface area contributed by atoms with Gasteiger partial charge in [-0.1, -0.05) is 25.2 Å². The lowest BCUT2D eigenvalue weighted by Crippen LogP contribution is -2.15.